The number of unbranched alkanes of at least 4 members (excludes halogenated alkanes) is 7. The normalized spacial score (nSPS) is 13.0. The first kappa shape index (κ1) is 23.2. The molecule has 2 atom stereocenters. The van der Waals surface area contributed by atoms with Gasteiger partial charge in [0, 0.05) is 0 Å². The van der Waals surface area contributed by atoms with E-state index in [4.69, 9.17) is 9.47 Å². The van der Waals surface area contributed by atoms with E-state index < -0.39 is 6.10 Å². The van der Waals surface area contributed by atoms with Gasteiger partial charge in [-0.05, 0) is 25.3 Å². The monoisotopic (exact) mass is 376 g/mol. The highest BCUT2D eigenvalue weighted by Gasteiger charge is 2.23. The number of carbonyl (C=O) groups is 2. The smallest absolute Gasteiger partial charge is 0.313 e. The average Bonchev–Trinajstić information content (AvgIpc) is 2.69. The first-order valence-corrected chi connectivity index (χ1v) is 10.4. The van der Waals surface area contributed by atoms with E-state index >= 15 is 0 Å². The molecule has 0 aliphatic carbocycles. The van der Waals surface area contributed by atoms with Crippen LogP contribution in [0.15, 0.2) is 30.3 Å². The third-order valence-corrected chi connectivity index (χ3v) is 4.94. The molecule has 0 saturated carbocycles. The van der Waals surface area contributed by atoms with Crippen LogP contribution in [0.25, 0.3) is 0 Å². The Hall–Kier alpha value is -1.84. The topological polar surface area (TPSA) is 52.6 Å². The summed E-state index contributed by atoms with van der Waals surface area (Å²) in [7, 11) is 1.37. The van der Waals surface area contributed by atoms with Gasteiger partial charge in [-0.1, -0.05) is 82.2 Å². The summed E-state index contributed by atoms with van der Waals surface area (Å²) in [6.45, 7) is 4.06. The molecule has 1 aromatic rings. The van der Waals surface area contributed by atoms with E-state index in [0.29, 0.717) is 6.42 Å². The van der Waals surface area contributed by atoms with Crippen LogP contribution in [0.1, 0.15) is 89.5 Å². The van der Waals surface area contributed by atoms with E-state index in [1.54, 1.807) is 0 Å². The van der Waals surface area contributed by atoms with Crippen LogP contribution in [0.5, 0.6) is 0 Å². The molecule has 1 aromatic carbocycles. The van der Waals surface area contributed by atoms with Crippen molar-refractivity contribution in [1.82, 2.24) is 0 Å². The largest absolute Gasteiger partial charge is 0.469 e. The van der Waals surface area contributed by atoms with Gasteiger partial charge < -0.3 is 9.47 Å². The van der Waals surface area contributed by atoms with Gasteiger partial charge in [-0.2, -0.15) is 0 Å². The van der Waals surface area contributed by atoms with Gasteiger partial charge in [0.1, 0.15) is 6.10 Å². The summed E-state index contributed by atoms with van der Waals surface area (Å²) in [6, 6.07) is 9.57. The lowest BCUT2D eigenvalue weighted by molar-refractivity contribution is -0.155. The van der Waals surface area contributed by atoms with Gasteiger partial charge >= 0.3 is 11.9 Å². The molecule has 1 rings (SSSR count). The van der Waals surface area contributed by atoms with Crippen LogP contribution in [-0.2, 0) is 19.1 Å². The molecule has 0 fully saturated rings. The number of ether oxygens (including phenoxy) is 2. The van der Waals surface area contributed by atoms with E-state index in [9.17, 15) is 9.59 Å². The maximum Gasteiger partial charge on any atom is 0.313 e. The van der Waals surface area contributed by atoms with Crippen LogP contribution >= 0.6 is 0 Å². The minimum absolute atomic E-state index is 0.125. The Balaban J connectivity index is 2.41. The summed E-state index contributed by atoms with van der Waals surface area (Å²) in [5.41, 5.74) is 0.923. The second-order valence-electron chi connectivity index (χ2n) is 7.24. The van der Waals surface area contributed by atoms with Crippen molar-refractivity contribution in [2.75, 3.05) is 7.11 Å². The van der Waals surface area contributed by atoms with Crippen LogP contribution < -0.4 is 0 Å². The summed E-state index contributed by atoms with van der Waals surface area (Å²) in [5.74, 6) is -0.959. The van der Waals surface area contributed by atoms with Crippen molar-refractivity contribution in [3.8, 4) is 0 Å². The Morgan fingerprint density at radius 3 is 2.11 bits per heavy atom. The maximum atomic E-state index is 12.5. The van der Waals surface area contributed by atoms with Crippen molar-refractivity contribution in [1.29, 1.82) is 0 Å². The molecule has 0 radical (unpaired) electrons. The Bertz CT molecular complexity index is 526. The fraction of sp³-hybridized carbons (Fsp3) is 0.652. The fourth-order valence-electron chi connectivity index (χ4n) is 3.12. The summed E-state index contributed by atoms with van der Waals surface area (Å²) in [4.78, 5) is 24.2. The number of methoxy groups -OCH3 is 1. The molecular formula is C23H36O4. The molecule has 4 heteroatoms. The summed E-state index contributed by atoms with van der Waals surface area (Å²) in [6.07, 6.45) is 10.1. The maximum absolute atomic E-state index is 12.5. The minimum Gasteiger partial charge on any atom is -0.469 e. The molecule has 0 saturated heterocycles. The molecule has 4 nitrogen and oxygen atoms in total. The number of benzene rings is 1. The van der Waals surface area contributed by atoms with Crippen LogP contribution in [0.4, 0.5) is 0 Å². The first-order chi connectivity index (χ1) is 13.1. The minimum atomic E-state index is -0.406. The van der Waals surface area contributed by atoms with Crippen molar-refractivity contribution in [2.45, 2.75) is 90.1 Å². The zero-order valence-electron chi connectivity index (χ0n) is 17.2. The molecular weight excluding hydrogens is 340 g/mol. The zero-order chi connectivity index (χ0) is 19.9. The van der Waals surface area contributed by atoms with Crippen molar-refractivity contribution in [3.05, 3.63) is 35.9 Å². The van der Waals surface area contributed by atoms with Crippen molar-refractivity contribution < 1.29 is 19.1 Å². The Labute approximate surface area is 164 Å². The molecule has 0 aliphatic rings. The third-order valence-electron chi connectivity index (χ3n) is 4.94. The number of esters is 2. The highest BCUT2D eigenvalue weighted by molar-refractivity contribution is 5.78. The number of carbonyl (C=O) groups excluding carboxylic acids is 2. The second kappa shape index (κ2) is 14.2. The Kier molecular flexibility index (Phi) is 12.2. The highest BCUT2D eigenvalue weighted by Crippen LogP contribution is 2.20. The first-order valence-electron chi connectivity index (χ1n) is 10.4. The Morgan fingerprint density at radius 1 is 0.926 bits per heavy atom. The van der Waals surface area contributed by atoms with Gasteiger partial charge in [-0.25, -0.2) is 0 Å². The molecule has 0 amide bonds. The van der Waals surface area contributed by atoms with E-state index in [1.807, 2.05) is 37.3 Å². The fourth-order valence-corrected chi connectivity index (χ4v) is 3.12. The molecule has 0 unspecified atom stereocenters. The summed E-state index contributed by atoms with van der Waals surface area (Å²) >= 11 is 0. The van der Waals surface area contributed by atoms with Gasteiger partial charge in [0.15, 0.2) is 0 Å². The lowest BCUT2D eigenvalue weighted by Crippen LogP contribution is -2.25. The lowest BCUT2D eigenvalue weighted by Gasteiger charge is -2.20. The van der Waals surface area contributed by atoms with Gasteiger partial charge in [0.25, 0.3) is 0 Å². The summed E-state index contributed by atoms with van der Waals surface area (Å²) < 4.78 is 10.4. The second-order valence-corrected chi connectivity index (χ2v) is 7.24. The predicted octanol–water partition coefficient (Wildman–Crippen LogP) is 5.80. The number of rotatable bonds is 14. The van der Waals surface area contributed by atoms with Gasteiger partial charge in [-0.15, -0.1) is 0 Å². The van der Waals surface area contributed by atoms with Crippen molar-refractivity contribution in [3.63, 3.8) is 0 Å². The highest BCUT2D eigenvalue weighted by atomic mass is 16.6. The molecule has 0 N–H and O–H groups in total. The van der Waals surface area contributed by atoms with Crippen LogP contribution in [-0.4, -0.2) is 25.2 Å². The molecule has 0 aromatic heterocycles. The molecule has 27 heavy (non-hydrogen) atoms. The quantitative estimate of drug-likeness (QED) is 0.304. The number of hydrogen-bond donors (Lipinski definition) is 0. The van der Waals surface area contributed by atoms with Gasteiger partial charge in [0.05, 0.1) is 19.4 Å². The van der Waals surface area contributed by atoms with Crippen LogP contribution in [0, 0.1) is 0 Å². The van der Waals surface area contributed by atoms with Crippen molar-refractivity contribution in [2.24, 2.45) is 0 Å². The molecule has 0 aliphatic heterocycles. The SMILES string of the molecule is CCCCCCCCCC[C@H](CC(=O)OC)OC(=O)[C@@H](C)c1ccccc1. The number of hydrogen-bond acceptors (Lipinski definition) is 4. The van der Waals surface area contributed by atoms with Crippen LogP contribution in [0.3, 0.4) is 0 Å². The molecule has 0 spiro atoms. The van der Waals surface area contributed by atoms with Gasteiger partial charge in [-0.3, -0.25) is 9.59 Å². The molecule has 152 valence electrons. The van der Waals surface area contributed by atoms with E-state index in [1.165, 1.54) is 45.6 Å². The lowest BCUT2D eigenvalue weighted by atomic mass is 10.0. The Morgan fingerprint density at radius 2 is 1.52 bits per heavy atom. The summed E-state index contributed by atoms with van der Waals surface area (Å²) in [5, 5.41) is 0. The van der Waals surface area contributed by atoms with E-state index in [-0.39, 0.29) is 24.3 Å². The van der Waals surface area contributed by atoms with Gasteiger partial charge in [0.2, 0.25) is 0 Å². The predicted molar refractivity (Wildman–Crippen MR) is 109 cm³/mol. The zero-order valence-corrected chi connectivity index (χ0v) is 17.2. The molecule has 0 bridgehead atoms. The van der Waals surface area contributed by atoms with E-state index in [2.05, 4.69) is 6.92 Å². The third kappa shape index (κ3) is 10.2. The van der Waals surface area contributed by atoms with E-state index in [0.717, 1.165) is 18.4 Å². The average molecular weight is 377 g/mol. The van der Waals surface area contributed by atoms with Crippen LogP contribution in [0.2, 0.25) is 0 Å². The standard InChI is InChI=1S/C23H36O4/c1-4-5-6-7-8-9-10-14-17-21(18-22(24)26-3)27-23(25)19(2)20-15-12-11-13-16-20/h11-13,15-16,19,21H,4-10,14,17-18H2,1-3H3/t19-,21+/m0/s1. The molecule has 0 heterocycles. The van der Waals surface area contributed by atoms with Crippen molar-refractivity contribution >= 4 is 11.9 Å².